The number of aromatic nitrogens is 4. The van der Waals surface area contributed by atoms with Gasteiger partial charge in [0.1, 0.15) is 5.75 Å². The van der Waals surface area contributed by atoms with Gasteiger partial charge in [-0.3, -0.25) is 0 Å². The molecule has 0 N–H and O–H groups in total. The van der Waals surface area contributed by atoms with Gasteiger partial charge in [-0.1, -0.05) is 34.1 Å². The molecule has 2 aromatic heterocycles. The van der Waals surface area contributed by atoms with E-state index in [-0.39, 0.29) is 0 Å². The molecule has 28 heavy (non-hydrogen) atoms. The highest BCUT2D eigenvalue weighted by molar-refractivity contribution is 7.98. The van der Waals surface area contributed by atoms with Crippen molar-refractivity contribution in [3.63, 3.8) is 0 Å². The van der Waals surface area contributed by atoms with Gasteiger partial charge in [-0.15, -0.1) is 10.2 Å². The molecule has 4 rings (SSSR count). The molecule has 0 aliphatic rings. The van der Waals surface area contributed by atoms with Crippen LogP contribution in [0, 0.1) is 13.8 Å². The van der Waals surface area contributed by atoms with E-state index in [0.717, 1.165) is 28.0 Å². The number of ether oxygens (including phenoxy) is 1. The molecule has 0 bridgehead atoms. The van der Waals surface area contributed by atoms with Gasteiger partial charge >= 0.3 is 0 Å². The third-order valence-electron chi connectivity index (χ3n) is 4.01. The van der Waals surface area contributed by atoms with E-state index in [1.54, 1.807) is 7.11 Å². The maximum atomic E-state index is 5.76. The van der Waals surface area contributed by atoms with Gasteiger partial charge in [-0.05, 0) is 50.2 Å². The number of hydrogen-bond donors (Lipinski definition) is 0. The summed E-state index contributed by atoms with van der Waals surface area (Å²) in [7, 11) is 1.63. The topological polar surface area (TPSA) is 87.1 Å². The summed E-state index contributed by atoms with van der Waals surface area (Å²) in [5, 5.41) is 12.7. The Morgan fingerprint density at radius 2 is 1.71 bits per heavy atom. The SMILES string of the molecule is COc1ccc(-c2noc(CSc3nnc(-c4cc(C)cc(C)c4)o3)n2)cc1. The van der Waals surface area contributed by atoms with Crippen molar-refractivity contribution < 1.29 is 13.7 Å². The Labute approximate surface area is 166 Å². The second-order valence-corrected chi connectivity index (χ2v) is 7.21. The Kier molecular flexibility index (Phi) is 5.12. The molecule has 0 saturated heterocycles. The molecule has 0 spiro atoms. The molecule has 4 aromatic rings. The van der Waals surface area contributed by atoms with Crippen LogP contribution in [0.3, 0.4) is 0 Å². The third-order valence-corrected chi connectivity index (χ3v) is 4.81. The van der Waals surface area contributed by atoms with E-state index in [9.17, 15) is 0 Å². The third kappa shape index (κ3) is 4.07. The molecule has 0 unspecified atom stereocenters. The molecular weight excluding hydrogens is 376 g/mol. The monoisotopic (exact) mass is 394 g/mol. The highest BCUT2D eigenvalue weighted by atomic mass is 32.2. The first-order valence-electron chi connectivity index (χ1n) is 8.63. The van der Waals surface area contributed by atoms with Crippen molar-refractivity contribution in [2.24, 2.45) is 0 Å². The van der Waals surface area contributed by atoms with Crippen LogP contribution in [0.1, 0.15) is 17.0 Å². The van der Waals surface area contributed by atoms with Crippen molar-refractivity contribution in [3.8, 4) is 28.6 Å². The number of nitrogens with zero attached hydrogens (tertiary/aromatic N) is 4. The van der Waals surface area contributed by atoms with Crippen LogP contribution >= 0.6 is 11.8 Å². The standard InChI is InChI=1S/C20H18N4O3S/c1-12-8-13(2)10-15(9-12)19-22-23-20(26-19)28-11-17-21-18(24-27-17)14-4-6-16(25-3)7-5-14/h4-10H,11H2,1-3H3. The van der Waals surface area contributed by atoms with Crippen LogP contribution in [0.2, 0.25) is 0 Å². The first kappa shape index (κ1) is 18.2. The van der Waals surface area contributed by atoms with Crippen molar-refractivity contribution in [2.75, 3.05) is 7.11 Å². The van der Waals surface area contributed by atoms with E-state index in [4.69, 9.17) is 13.7 Å². The number of thioether (sulfide) groups is 1. The maximum absolute atomic E-state index is 5.76. The van der Waals surface area contributed by atoms with Gasteiger partial charge in [0.15, 0.2) is 0 Å². The minimum atomic E-state index is 0.442. The average Bonchev–Trinajstić information content (AvgIpc) is 3.35. The summed E-state index contributed by atoms with van der Waals surface area (Å²) in [6, 6.07) is 13.6. The lowest BCUT2D eigenvalue weighted by Gasteiger charge is -1.99. The van der Waals surface area contributed by atoms with Crippen LogP contribution in [0.4, 0.5) is 0 Å². The van der Waals surface area contributed by atoms with Crippen LogP contribution in [-0.4, -0.2) is 27.4 Å². The smallest absolute Gasteiger partial charge is 0.277 e. The van der Waals surface area contributed by atoms with Crippen LogP contribution in [0.15, 0.2) is 56.6 Å². The number of methoxy groups -OCH3 is 1. The van der Waals surface area contributed by atoms with Crippen molar-refractivity contribution in [2.45, 2.75) is 24.8 Å². The molecule has 2 aromatic carbocycles. The van der Waals surface area contributed by atoms with E-state index >= 15 is 0 Å². The Bertz CT molecular complexity index is 1070. The normalized spacial score (nSPS) is 11.0. The summed E-state index contributed by atoms with van der Waals surface area (Å²) in [6.07, 6.45) is 0. The predicted molar refractivity (Wildman–Crippen MR) is 105 cm³/mol. The minimum Gasteiger partial charge on any atom is -0.497 e. The number of hydrogen-bond acceptors (Lipinski definition) is 8. The van der Waals surface area contributed by atoms with Gasteiger partial charge in [0.25, 0.3) is 5.22 Å². The molecule has 7 nitrogen and oxygen atoms in total. The molecule has 0 fully saturated rings. The zero-order valence-electron chi connectivity index (χ0n) is 15.7. The van der Waals surface area contributed by atoms with Crippen molar-refractivity contribution in [1.29, 1.82) is 0 Å². The van der Waals surface area contributed by atoms with Gasteiger partial charge in [0.2, 0.25) is 17.6 Å². The second kappa shape index (κ2) is 7.85. The fourth-order valence-corrected chi connectivity index (χ4v) is 3.38. The largest absolute Gasteiger partial charge is 0.497 e. The molecule has 0 aliphatic carbocycles. The van der Waals surface area contributed by atoms with Crippen LogP contribution < -0.4 is 4.74 Å². The van der Waals surface area contributed by atoms with Gasteiger partial charge < -0.3 is 13.7 Å². The number of rotatable bonds is 6. The first-order valence-corrected chi connectivity index (χ1v) is 9.61. The number of benzene rings is 2. The molecule has 0 amide bonds. The van der Waals surface area contributed by atoms with Gasteiger partial charge in [0.05, 0.1) is 12.9 Å². The van der Waals surface area contributed by atoms with E-state index in [1.807, 2.05) is 50.2 Å². The fourth-order valence-electron chi connectivity index (χ4n) is 2.78. The molecular formula is C20H18N4O3S. The van der Waals surface area contributed by atoms with Crippen molar-refractivity contribution >= 4 is 11.8 Å². The molecule has 2 heterocycles. The van der Waals surface area contributed by atoms with Gasteiger partial charge in [-0.2, -0.15) is 4.98 Å². The highest BCUT2D eigenvalue weighted by Crippen LogP contribution is 2.27. The zero-order chi connectivity index (χ0) is 19.5. The predicted octanol–water partition coefficient (Wildman–Crippen LogP) is 4.70. The minimum absolute atomic E-state index is 0.442. The summed E-state index contributed by atoms with van der Waals surface area (Å²) >= 11 is 1.36. The summed E-state index contributed by atoms with van der Waals surface area (Å²) < 4.78 is 16.2. The molecule has 0 aliphatic heterocycles. The van der Waals surface area contributed by atoms with Crippen molar-refractivity contribution in [3.05, 3.63) is 59.5 Å². The Morgan fingerprint density at radius 1 is 0.964 bits per heavy atom. The summed E-state index contributed by atoms with van der Waals surface area (Å²) in [4.78, 5) is 4.41. The Balaban J connectivity index is 1.42. The molecule has 0 atom stereocenters. The summed E-state index contributed by atoms with van der Waals surface area (Å²) in [6.45, 7) is 4.08. The highest BCUT2D eigenvalue weighted by Gasteiger charge is 2.13. The molecule has 0 saturated carbocycles. The lowest BCUT2D eigenvalue weighted by atomic mass is 10.1. The first-order chi connectivity index (χ1) is 13.6. The summed E-state index contributed by atoms with van der Waals surface area (Å²) in [5.74, 6) is 2.73. The number of aryl methyl sites for hydroxylation is 2. The molecule has 142 valence electrons. The van der Waals surface area contributed by atoms with E-state index in [2.05, 4.69) is 26.4 Å². The van der Waals surface area contributed by atoms with Gasteiger partial charge in [0, 0.05) is 11.1 Å². The quantitative estimate of drug-likeness (QED) is 0.435. The van der Waals surface area contributed by atoms with E-state index < -0.39 is 0 Å². The zero-order valence-corrected chi connectivity index (χ0v) is 16.5. The summed E-state index contributed by atoms with van der Waals surface area (Å²) in [5.41, 5.74) is 4.07. The van der Waals surface area contributed by atoms with Gasteiger partial charge in [-0.25, -0.2) is 0 Å². The van der Waals surface area contributed by atoms with E-state index in [0.29, 0.717) is 28.6 Å². The van der Waals surface area contributed by atoms with Crippen molar-refractivity contribution in [1.82, 2.24) is 20.3 Å². The van der Waals surface area contributed by atoms with Crippen LogP contribution in [-0.2, 0) is 5.75 Å². The molecule has 0 radical (unpaired) electrons. The fraction of sp³-hybridized carbons (Fsp3) is 0.200. The Morgan fingerprint density at radius 3 is 2.43 bits per heavy atom. The van der Waals surface area contributed by atoms with Crippen LogP contribution in [0.5, 0.6) is 5.75 Å². The Hall–Kier alpha value is -3.13. The maximum Gasteiger partial charge on any atom is 0.277 e. The van der Waals surface area contributed by atoms with E-state index in [1.165, 1.54) is 11.8 Å². The molecule has 8 heteroatoms. The average molecular weight is 394 g/mol. The lowest BCUT2D eigenvalue weighted by Crippen LogP contribution is -1.85. The second-order valence-electron chi connectivity index (χ2n) is 6.28. The van der Waals surface area contributed by atoms with Crippen LogP contribution in [0.25, 0.3) is 22.8 Å². The lowest BCUT2D eigenvalue weighted by molar-refractivity contribution is 0.390.